The predicted molar refractivity (Wildman–Crippen MR) is 85.6 cm³/mol. The highest BCUT2D eigenvalue weighted by Crippen LogP contribution is 2.42. The van der Waals surface area contributed by atoms with Crippen molar-refractivity contribution in [3.8, 4) is 0 Å². The minimum absolute atomic E-state index is 0.0370. The molecule has 2 heterocycles. The maximum absolute atomic E-state index is 11.7. The van der Waals surface area contributed by atoms with Crippen molar-refractivity contribution in [2.75, 3.05) is 30.9 Å². The Morgan fingerprint density at radius 3 is 2.82 bits per heavy atom. The summed E-state index contributed by atoms with van der Waals surface area (Å²) in [5, 5.41) is 11.7. The van der Waals surface area contributed by atoms with Crippen molar-refractivity contribution in [3.63, 3.8) is 0 Å². The SMILES string of the molecule is CCOCC1CCCCN1c1sc(S(C)(=O)=O)cc1[N+](=O)[O-]. The van der Waals surface area contributed by atoms with Crippen LogP contribution >= 0.6 is 11.3 Å². The maximum atomic E-state index is 11.7. The van der Waals surface area contributed by atoms with Crippen LogP contribution in [0.5, 0.6) is 0 Å². The first-order chi connectivity index (χ1) is 10.3. The number of ether oxygens (including phenoxy) is 1. The average Bonchev–Trinajstić information content (AvgIpc) is 2.90. The monoisotopic (exact) mass is 348 g/mol. The Balaban J connectivity index is 2.39. The van der Waals surface area contributed by atoms with Crippen LogP contribution in [0.1, 0.15) is 26.2 Å². The summed E-state index contributed by atoms with van der Waals surface area (Å²) in [4.78, 5) is 12.7. The van der Waals surface area contributed by atoms with E-state index in [1.54, 1.807) is 0 Å². The highest BCUT2D eigenvalue weighted by molar-refractivity contribution is 7.92. The summed E-state index contributed by atoms with van der Waals surface area (Å²) in [6, 6.07) is 1.22. The van der Waals surface area contributed by atoms with Gasteiger partial charge in [-0.25, -0.2) is 8.42 Å². The number of thiophene rings is 1. The van der Waals surface area contributed by atoms with Crippen molar-refractivity contribution in [1.82, 2.24) is 0 Å². The van der Waals surface area contributed by atoms with Gasteiger partial charge in [0.25, 0.3) is 0 Å². The van der Waals surface area contributed by atoms with Crippen molar-refractivity contribution in [1.29, 1.82) is 0 Å². The van der Waals surface area contributed by atoms with Gasteiger partial charge >= 0.3 is 5.69 Å². The number of hydrogen-bond acceptors (Lipinski definition) is 7. The molecule has 7 nitrogen and oxygen atoms in total. The fourth-order valence-corrected chi connectivity index (χ4v) is 4.69. The van der Waals surface area contributed by atoms with Crippen molar-refractivity contribution in [3.05, 3.63) is 16.2 Å². The lowest BCUT2D eigenvalue weighted by atomic mass is 10.0. The van der Waals surface area contributed by atoms with Gasteiger partial charge in [0.2, 0.25) is 0 Å². The van der Waals surface area contributed by atoms with Gasteiger partial charge in [-0.2, -0.15) is 0 Å². The maximum Gasteiger partial charge on any atom is 0.305 e. The third-order valence-electron chi connectivity index (χ3n) is 3.64. The van der Waals surface area contributed by atoms with Gasteiger partial charge in [0.15, 0.2) is 14.8 Å². The molecule has 0 radical (unpaired) electrons. The smallest absolute Gasteiger partial charge is 0.305 e. The molecule has 22 heavy (non-hydrogen) atoms. The second kappa shape index (κ2) is 6.93. The van der Waals surface area contributed by atoms with Gasteiger partial charge in [-0.1, -0.05) is 11.3 Å². The minimum Gasteiger partial charge on any atom is -0.380 e. The van der Waals surface area contributed by atoms with Crippen LogP contribution in [0.25, 0.3) is 0 Å². The summed E-state index contributed by atoms with van der Waals surface area (Å²) >= 11 is 0.979. The fourth-order valence-electron chi connectivity index (χ4n) is 2.56. The van der Waals surface area contributed by atoms with Crippen molar-refractivity contribution in [2.24, 2.45) is 0 Å². The summed E-state index contributed by atoms with van der Waals surface area (Å²) < 4.78 is 28.9. The molecule has 1 aliphatic rings. The molecule has 1 aliphatic heterocycles. The molecule has 1 saturated heterocycles. The number of sulfone groups is 1. The summed E-state index contributed by atoms with van der Waals surface area (Å²) in [7, 11) is -3.45. The Labute approximate surface area is 134 Å². The molecule has 0 spiro atoms. The normalized spacial score (nSPS) is 19.4. The van der Waals surface area contributed by atoms with Gasteiger partial charge in [-0.15, -0.1) is 0 Å². The van der Waals surface area contributed by atoms with Crippen molar-refractivity contribution in [2.45, 2.75) is 36.4 Å². The Bertz CT molecular complexity index is 641. The van der Waals surface area contributed by atoms with Gasteiger partial charge in [-0.05, 0) is 26.2 Å². The van der Waals surface area contributed by atoms with Gasteiger partial charge < -0.3 is 9.64 Å². The number of piperidine rings is 1. The van der Waals surface area contributed by atoms with Crippen molar-refractivity contribution >= 4 is 31.9 Å². The zero-order chi connectivity index (χ0) is 16.3. The molecule has 0 aromatic carbocycles. The number of nitrogens with zero attached hydrogens (tertiary/aromatic N) is 2. The van der Waals surface area contributed by atoms with E-state index in [0.717, 1.165) is 36.9 Å². The molecule has 0 aliphatic carbocycles. The second-order valence-corrected chi connectivity index (χ2v) is 8.56. The minimum atomic E-state index is -3.45. The largest absolute Gasteiger partial charge is 0.380 e. The zero-order valence-corrected chi connectivity index (χ0v) is 14.3. The Hall–Kier alpha value is -1.19. The summed E-state index contributed by atoms with van der Waals surface area (Å²) in [5.74, 6) is 0. The van der Waals surface area contributed by atoms with Gasteiger partial charge in [0, 0.05) is 25.5 Å². The lowest BCUT2D eigenvalue weighted by Crippen LogP contribution is -2.42. The summed E-state index contributed by atoms with van der Waals surface area (Å²) in [6.07, 6.45) is 3.95. The highest BCUT2D eigenvalue weighted by Gasteiger charge is 2.32. The molecule has 9 heteroatoms. The van der Waals surface area contributed by atoms with Crippen LogP contribution in [0.2, 0.25) is 0 Å². The topological polar surface area (TPSA) is 89.8 Å². The van der Waals surface area contributed by atoms with E-state index >= 15 is 0 Å². The molecule has 1 aromatic heterocycles. The molecule has 1 aromatic rings. The molecule has 0 bridgehead atoms. The first kappa shape index (κ1) is 17.2. The molecular weight excluding hydrogens is 328 g/mol. The number of anilines is 1. The fraction of sp³-hybridized carbons (Fsp3) is 0.692. The van der Waals surface area contributed by atoms with Crippen LogP contribution in [-0.4, -0.2) is 45.4 Å². The Morgan fingerprint density at radius 1 is 1.50 bits per heavy atom. The molecule has 0 amide bonds. The average molecular weight is 348 g/mol. The van der Waals surface area contributed by atoms with Crippen LogP contribution in [0.4, 0.5) is 10.7 Å². The highest BCUT2D eigenvalue weighted by atomic mass is 32.2. The molecule has 0 N–H and O–H groups in total. The number of rotatable bonds is 6. The molecule has 1 fully saturated rings. The first-order valence-corrected chi connectivity index (χ1v) is 9.88. The van der Waals surface area contributed by atoms with Crippen LogP contribution < -0.4 is 4.90 Å². The molecule has 0 saturated carbocycles. The van der Waals surface area contributed by atoms with Gasteiger partial charge in [0.1, 0.15) is 4.21 Å². The van der Waals surface area contributed by atoms with E-state index < -0.39 is 14.8 Å². The van der Waals surface area contributed by atoms with Crippen LogP contribution in [0.15, 0.2) is 10.3 Å². The molecule has 1 unspecified atom stereocenters. The van der Waals surface area contributed by atoms with E-state index in [1.165, 1.54) is 6.07 Å². The van der Waals surface area contributed by atoms with E-state index in [1.807, 2.05) is 11.8 Å². The Kier molecular flexibility index (Phi) is 5.41. The van der Waals surface area contributed by atoms with Crippen LogP contribution in [0, 0.1) is 10.1 Å². The van der Waals surface area contributed by atoms with Gasteiger partial charge in [0.05, 0.1) is 17.6 Å². The van der Waals surface area contributed by atoms with E-state index in [9.17, 15) is 18.5 Å². The van der Waals surface area contributed by atoms with E-state index in [2.05, 4.69) is 0 Å². The van der Waals surface area contributed by atoms with E-state index in [-0.39, 0.29) is 15.9 Å². The lowest BCUT2D eigenvalue weighted by molar-refractivity contribution is -0.383. The third kappa shape index (κ3) is 3.76. The molecular formula is C13H20N2O5S2. The molecule has 1 atom stereocenters. The van der Waals surface area contributed by atoms with Gasteiger partial charge in [-0.3, -0.25) is 10.1 Å². The number of nitro groups is 1. The Morgan fingerprint density at radius 2 is 2.23 bits per heavy atom. The quantitative estimate of drug-likeness (QED) is 0.579. The number of hydrogen-bond donors (Lipinski definition) is 0. The molecule has 2 rings (SSSR count). The van der Waals surface area contributed by atoms with Crippen LogP contribution in [0.3, 0.4) is 0 Å². The standard InChI is InChI=1S/C13H20N2O5S2/c1-3-20-9-10-6-4-5-7-14(10)13-11(15(16)17)8-12(21-13)22(2,18)19/h8,10H,3-7,9H2,1-2H3. The summed E-state index contributed by atoms with van der Waals surface area (Å²) in [6.45, 7) is 3.68. The predicted octanol–water partition coefficient (Wildman–Crippen LogP) is 2.46. The van der Waals surface area contributed by atoms with E-state index in [4.69, 9.17) is 4.74 Å². The lowest BCUT2D eigenvalue weighted by Gasteiger charge is -2.35. The van der Waals surface area contributed by atoms with Crippen LogP contribution in [-0.2, 0) is 14.6 Å². The zero-order valence-electron chi connectivity index (χ0n) is 12.6. The second-order valence-electron chi connectivity index (χ2n) is 5.29. The first-order valence-electron chi connectivity index (χ1n) is 7.17. The third-order valence-corrected chi connectivity index (χ3v) is 6.60. The summed E-state index contributed by atoms with van der Waals surface area (Å²) in [5.41, 5.74) is -0.131. The van der Waals surface area contributed by atoms with Crippen molar-refractivity contribution < 1.29 is 18.1 Å². The van der Waals surface area contributed by atoms with E-state index in [0.29, 0.717) is 24.8 Å². The molecule has 124 valence electrons.